The minimum absolute atomic E-state index is 0.585. The van der Waals surface area contributed by atoms with Crippen molar-refractivity contribution >= 4 is 11.8 Å². The van der Waals surface area contributed by atoms with Crippen LogP contribution in [0, 0.1) is 0 Å². The molecule has 318 valence electrons. The fourth-order valence-electron chi connectivity index (χ4n) is 10.3. The topological polar surface area (TPSA) is 64.5 Å². The molecular formula is C62H39N5S. The lowest BCUT2D eigenvalue weighted by atomic mass is 9.67. The van der Waals surface area contributed by atoms with E-state index in [9.17, 15) is 0 Å². The molecule has 0 N–H and O–H groups in total. The lowest BCUT2D eigenvalue weighted by molar-refractivity contribution is 0.722. The van der Waals surface area contributed by atoms with Gasteiger partial charge in [-0.15, -0.1) is 0 Å². The first-order valence-corrected chi connectivity index (χ1v) is 23.6. The van der Waals surface area contributed by atoms with Gasteiger partial charge in [0, 0.05) is 38.9 Å². The van der Waals surface area contributed by atoms with Crippen molar-refractivity contribution in [3.63, 3.8) is 0 Å². The zero-order valence-corrected chi connectivity index (χ0v) is 37.5. The third-order valence-corrected chi connectivity index (χ3v) is 14.5. The van der Waals surface area contributed by atoms with E-state index < -0.39 is 5.41 Å². The highest BCUT2D eigenvalue weighted by atomic mass is 32.2. The first-order chi connectivity index (χ1) is 33.7. The zero-order chi connectivity index (χ0) is 45.0. The number of nitrogens with zero attached hydrogens (tertiary/aromatic N) is 5. The maximum Gasteiger partial charge on any atom is 0.160 e. The molecule has 2 aliphatic rings. The van der Waals surface area contributed by atoms with Crippen LogP contribution in [-0.4, -0.2) is 24.9 Å². The summed E-state index contributed by atoms with van der Waals surface area (Å²) in [6, 6.07) is 79.7. The van der Waals surface area contributed by atoms with Crippen molar-refractivity contribution in [2.75, 3.05) is 0 Å². The monoisotopic (exact) mass is 885 g/mol. The summed E-state index contributed by atoms with van der Waals surface area (Å²) < 4.78 is 0. The molecule has 1 aliphatic heterocycles. The number of pyridine rings is 3. The Balaban J connectivity index is 1.05. The van der Waals surface area contributed by atoms with Crippen LogP contribution in [0.15, 0.2) is 247 Å². The zero-order valence-electron chi connectivity index (χ0n) is 36.7. The van der Waals surface area contributed by atoms with Crippen molar-refractivity contribution in [3.8, 4) is 90.1 Å². The molecule has 0 bridgehead atoms. The Bertz CT molecular complexity index is 3530. The Morgan fingerprint density at radius 3 is 1.29 bits per heavy atom. The van der Waals surface area contributed by atoms with Gasteiger partial charge in [0.15, 0.2) is 5.82 Å². The summed E-state index contributed by atoms with van der Waals surface area (Å²) in [5.74, 6) is 0.695. The van der Waals surface area contributed by atoms with Crippen LogP contribution >= 0.6 is 11.8 Å². The predicted molar refractivity (Wildman–Crippen MR) is 275 cm³/mol. The van der Waals surface area contributed by atoms with Crippen LogP contribution in [0.5, 0.6) is 0 Å². The van der Waals surface area contributed by atoms with E-state index in [1.807, 2.05) is 84.8 Å². The molecule has 0 unspecified atom stereocenters. The van der Waals surface area contributed by atoms with E-state index in [-0.39, 0.29) is 0 Å². The van der Waals surface area contributed by atoms with Gasteiger partial charge in [0.1, 0.15) is 0 Å². The summed E-state index contributed by atoms with van der Waals surface area (Å²) in [5.41, 5.74) is 19.4. The third kappa shape index (κ3) is 6.52. The smallest absolute Gasteiger partial charge is 0.160 e. The maximum absolute atomic E-state index is 5.19. The highest BCUT2D eigenvalue weighted by Gasteiger charge is 2.51. The second kappa shape index (κ2) is 16.4. The molecular weight excluding hydrogens is 847 g/mol. The van der Waals surface area contributed by atoms with Crippen molar-refractivity contribution in [1.82, 2.24) is 24.9 Å². The van der Waals surface area contributed by atoms with Gasteiger partial charge >= 0.3 is 0 Å². The van der Waals surface area contributed by atoms with E-state index in [0.29, 0.717) is 5.82 Å². The molecule has 0 saturated carbocycles. The van der Waals surface area contributed by atoms with E-state index in [0.717, 1.165) is 73.1 Å². The lowest BCUT2D eigenvalue weighted by Gasteiger charge is -2.39. The molecule has 1 spiro atoms. The maximum atomic E-state index is 5.19. The Labute approximate surface area is 399 Å². The van der Waals surface area contributed by atoms with E-state index in [1.54, 1.807) is 0 Å². The number of hydrogen-bond acceptors (Lipinski definition) is 6. The average molecular weight is 886 g/mol. The quantitative estimate of drug-likeness (QED) is 0.159. The highest BCUT2D eigenvalue weighted by Crippen LogP contribution is 2.64. The molecule has 68 heavy (non-hydrogen) atoms. The van der Waals surface area contributed by atoms with Crippen LogP contribution < -0.4 is 0 Å². The molecule has 0 atom stereocenters. The fraction of sp³-hybridized carbons (Fsp3) is 0.0161. The summed E-state index contributed by atoms with van der Waals surface area (Å²) in [6.45, 7) is 0. The Morgan fingerprint density at radius 1 is 0.294 bits per heavy atom. The van der Waals surface area contributed by atoms with Gasteiger partial charge in [-0.05, 0) is 110 Å². The molecule has 5 nitrogen and oxygen atoms in total. The molecule has 11 aromatic rings. The van der Waals surface area contributed by atoms with Gasteiger partial charge in [-0.3, -0.25) is 9.97 Å². The van der Waals surface area contributed by atoms with Crippen molar-refractivity contribution in [2.24, 2.45) is 0 Å². The summed E-state index contributed by atoms with van der Waals surface area (Å²) >= 11 is 1.86. The van der Waals surface area contributed by atoms with Gasteiger partial charge in [-0.25, -0.2) is 15.0 Å². The van der Waals surface area contributed by atoms with E-state index >= 15 is 0 Å². The van der Waals surface area contributed by atoms with Gasteiger partial charge in [-0.2, -0.15) is 0 Å². The second-order valence-electron chi connectivity index (χ2n) is 17.1. The number of hydrogen-bond donors (Lipinski definition) is 0. The van der Waals surface area contributed by atoms with Gasteiger partial charge in [-0.1, -0.05) is 182 Å². The van der Waals surface area contributed by atoms with Gasteiger partial charge < -0.3 is 0 Å². The summed E-state index contributed by atoms with van der Waals surface area (Å²) in [6.07, 6.45) is 3.65. The number of aromatic nitrogens is 5. The minimum atomic E-state index is -0.585. The van der Waals surface area contributed by atoms with Crippen molar-refractivity contribution in [3.05, 3.63) is 259 Å². The Kier molecular flexibility index (Phi) is 9.58. The largest absolute Gasteiger partial charge is 0.255 e. The first kappa shape index (κ1) is 39.8. The van der Waals surface area contributed by atoms with Crippen LogP contribution in [0.2, 0.25) is 0 Å². The normalized spacial score (nSPS) is 12.8. The molecule has 5 heterocycles. The Hall–Kier alpha value is -8.58. The lowest BCUT2D eigenvalue weighted by Crippen LogP contribution is -2.31. The van der Waals surface area contributed by atoms with Crippen molar-refractivity contribution in [1.29, 1.82) is 0 Å². The van der Waals surface area contributed by atoms with E-state index in [1.165, 1.54) is 43.2 Å². The molecule has 0 saturated heterocycles. The summed E-state index contributed by atoms with van der Waals surface area (Å²) in [5, 5.41) is 0. The average Bonchev–Trinajstić information content (AvgIpc) is 3.72. The molecule has 4 aromatic heterocycles. The Morgan fingerprint density at radius 2 is 0.750 bits per heavy atom. The van der Waals surface area contributed by atoms with E-state index in [2.05, 4.69) is 164 Å². The molecule has 0 radical (unpaired) electrons. The molecule has 0 amide bonds. The molecule has 13 rings (SSSR count). The number of fused-ring (bicyclic) bond motifs is 9. The van der Waals surface area contributed by atoms with Crippen LogP contribution in [0.25, 0.3) is 90.1 Å². The number of rotatable bonds is 7. The molecule has 1 aliphatic carbocycles. The highest BCUT2D eigenvalue weighted by molar-refractivity contribution is 7.99. The summed E-state index contributed by atoms with van der Waals surface area (Å²) in [7, 11) is 0. The van der Waals surface area contributed by atoms with Crippen LogP contribution in [0.4, 0.5) is 0 Å². The standard InChI is InChI=1S/C62H39N5S/c1-3-17-41(18-4-1)53-39-54(67-61(66-53)43-19-5-2-6-20-43)42-33-31-40(32-34-42)45-21-15-25-49-59(45)60-46(44-37-55(51-27-11-13-35-63-51)65-56(38-44)52-28-12-14-36-64-52)22-16-26-50(60)62(49)47-23-7-9-29-57(47)68-58-30-10-8-24-48(58)62/h1-39H. The summed E-state index contributed by atoms with van der Waals surface area (Å²) in [4.78, 5) is 27.5. The first-order valence-electron chi connectivity index (χ1n) is 22.8. The minimum Gasteiger partial charge on any atom is -0.255 e. The van der Waals surface area contributed by atoms with Gasteiger partial charge in [0.25, 0.3) is 0 Å². The van der Waals surface area contributed by atoms with Crippen LogP contribution in [-0.2, 0) is 5.41 Å². The molecule has 7 aromatic carbocycles. The third-order valence-electron chi connectivity index (χ3n) is 13.3. The fourth-order valence-corrected chi connectivity index (χ4v) is 11.5. The van der Waals surface area contributed by atoms with Crippen LogP contribution in [0.3, 0.4) is 0 Å². The van der Waals surface area contributed by atoms with E-state index in [4.69, 9.17) is 24.9 Å². The van der Waals surface area contributed by atoms with Crippen molar-refractivity contribution < 1.29 is 0 Å². The SMILES string of the molecule is c1ccc(-c2cc(-c3ccc(-c4cccc5c4-c4c(-c6cc(-c7ccccn7)nc(-c7ccccn7)c6)cccc4C54c5ccccc5Sc5ccccc54)cc3)nc(-c3ccccc3)n2)cc1. The molecule has 0 fully saturated rings. The number of benzene rings is 7. The second-order valence-corrected chi connectivity index (χ2v) is 18.2. The van der Waals surface area contributed by atoms with Crippen molar-refractivity contribution in [2.45, 2.75) is 15.2 Å². The molecule has 6 heteroatoms. The van der Waals surface area contributed by atoms with Gasteiger partial charge in [0.05, 0.1) is 39.6 Å². The van der Waals surface area contributed by atoms with Crippen LogP contribution in [0.1, 0.15) is 22.3 Å². The predicted octanol–water partition coefficient (Wildman–Crippen LogP) is 15.2. The van der Waals surface area contributed by atoms with Gasteiger partial charge in [0.2, 0.25) is 0 Å².